The number of rotatable bonds is 8. The largest absolute Gasteiger partial charge is 0.495 e. The Morgan fingerprint density at radius 2 is 1.81 bits per heavy atom. The summed E-state index contributed by atoms with van der Waals surface area (Å²) in [4.78, 5) is 12.5. The molecule has 1 saturated carbocycles. The lowest BCUT2D eigenvalue weighted by molar-refractivity contribution is -0.118. The molecule has 1 amide bonds. The first-order chi connectivity index (χ1) is 14.7. The Balaban J connectivity index is 1.67. The van der Waals surface area contributed by atoms with E-state index in [1.165, 1.54) is 32.4 Å². The molecule has 0 atom stereocenters. The third-order valence-corrected chi connectivity index (χ3v) is 5.98. The summed E-state index contributed by atoms with van der Waals surface area (Å²) in [6.07, 6.45) is 6.82. The Hall–Kier alpha value is -2.45. The van der Waals surface area contributed by atoms with Gasteiger partial charge in [-0.3, -0.25) is 9.52 Å². The van der Waals surface area contributed by atoms with Gasteiger partial charge in [-0.05, 0) is 60.7 Å². The third-order valence-electron chi connectivity index (χ3n) is 5.15. The van der Waals surface area contributed by atoms with E-state index in [2.05, 4.69) is 10.0 Å². The first-order valence-corrected chi connectivity index (χ1v) is 12.4. The fourth-order valence-electron chi connectivity index (χ4n) is 3.79. The molecule has 0 heterocycles. The number of carbonyl (C=O) groups is 1. The van der Waals surface area contributed by atoms with Gasteiger partial charge in [-0.25, -0.2) is 8.42 Å². The van der Waals surface area contributed by atoms with Gasteiger partial charge in [0, 0.05) is 10.7 Å². The van der Waals surface area contributed by atoms with Gasteiger partial charge >= 0.3 is 0 Å². The highest BCUT2D eigenvalue weighted by molar-refractivity contribution is 7.92. The number of nitrogens with one attached hydrogen (secondary N) is 2. The van der Waals surface area contributed by atoms with Crippen LogP contribution in [0.15, 0.2) is 36.4 Å². The molecular weight excluding hydrogens is 440 g/mol. The molecule has 1 aliphatic carbocycles. The number of anilines is 2. The number of halogens is 1. The fraction of sp³-hybridized carbons (Fsp3) is 0.409. The van der Waals surface area contributed by atoms with Crippen LogP contribution in [0.2, 0.25) is 5.02 Å². The van der Waals surface area contributed by atoms with E-state index < -0.39 is 10.0 Å². The van der Waals surface area contributed by atoms with Crippen molar-refractivity contribution in [2.45, 2.75) is 38.0 Å². The molecular formula is C22H27ClN2O5S. The Morgan fingerprint density at radius 1 is 1.10 bits per heavy atom. The van der Waals surface area contributed by atoms with E-state index in [9.17, 15) is 13.2 Å². The Bertz CT molecular complexity index is 1040. The number of carbonyl (C=O) groups excluding carboxylic acids is 1. The maximum absolute atomic E-state index is 12.5. The lowest BCUT2D eigenvalue weighted by atomic mass is 9.84. The Labute approximate surface area is 188 Å². The molecule has 2 aromatic rings. The number of benzene rings is 2. The van der Waals surface area contributed by atoms with Crippen LogP contribution in [0.4, 0.5) is 11.4 Å². The molecule has 7 nitrogen and oxygen atoms in total. The van der Waals surface area contributed by atoms with Crippen LogP contribution in [0.25, 0.3) is 0 Å². The van der Waals surface area contributed by atoms with Crippen LogP contribution in [0.5, 0.6) is 11.5 Å². The summed E-state index contributed by atoms with van der Waals surface area (Å²) in [7, 11) is -2.06. The second kappa shape index (κ2) is 10.2. The van der Waals surface area contributed by atoms with Crippen LogP contribution >= 0.6 is 11.6 Å². The smallest absolute Gasteiger partial charge is 0.262 e. The zero-order chi connectivity index (χ0) is 22.4. The first-order valence-electron chi connectivity index (χ1n) is 10.1. The summed E-state index contributed by atoms with van der Waals surface area (Å²) in [6.45, 7) is -0.178. The van der Waals surface area contributed by atoms with Crippen LogP contribution in [0.1, 0.15) is 43.6 Å². The summed E-state index contributed by atoms with van der Waals surface area (Å²) < 4.78 is 36.5. The topological polar surface area (TPSA) is 93.7 Å². The van der Waals surface area contributed by atoms with Crippen LogP contribution in [0, 0.1) is 0 Å². The lowest BCUT2D eigenvalue weighted by Gasteiger charge is -2.24. The number of methoxy groups -OCH3 is 1. The van der Waals surface area contributed by atoms with E-state index in [1.807, 2.05) is 6.07 Å². The van der Waals surface area contributed by atoms with E-state index in [0.29, 0.717) is 28.1 Å². The maximum Gasteiger partial charge on any atom is 0.262 e. The SMILES string of the molecule is COc1ccc(NC(=O)COc2ccc(Cl)cc2C2CCCCC2)cc1NS(C)(=O)=O. The van der Waals surface area contributed by atoms with Gasteiger partial charge in [0.2, 0.25) is 10.0 Å². The average Bonchev–Trinajstić information content (AvgIpc) is 2.72. The molecule has 0 aliphatic heterocycles. The number of hydrogen-bond donors (Lipinski definition) is 2. The Morgan fingerprint density at radius 3 is 2.48 bits per heavy atom. The van der Waals surface area contributed by atoms with E-state index in [0.717, 1.165) is 24.7 Å². The molecule has 0 saturated heterocycles. The van der Waals surface area contributed by atoms with Gasteiger partial charge in [0.15, 0.2) is 6.61 Å². The monoisotopic (exact) mass is 466 g/mol. The van der Waals surface area contributed by atoms with Gasteiger partial charge in [0.1, 0.15) is 11.5 Å². The van der Waals surface area contributed by atoms with Crippen LogP contribution in [-0.2, 0) is 14.8 Å². The van der Waals surface area contributed by atoms with Crippen LogP contribution < -0.4 is 19.5 Å². The van der Waals surface area contributed by atoms with Crippen molar-refractivity contribution < 1.29 is 22.7 Å². The van der Waals surface area contributed by atoms with Crippen LogP contribution in [0.3, 0.4) is 0 Å². The highest BCUT2D eigenvalue weighted by atomic mass is 35.5. The fourth-order valence-corrected chi connectivity index (χ4v) is 4.53. The normalized spacial score (nSPS) is 14.7. The second-order valence-electron chi connectivity index (χ2n) is 7.64. The first kappa shape index (κ1) is 23.2. The van der Waals surface area contributed by atoms with Crippen molar-refractivity contribution in [3.05, 3.63) is 47.0 Å². The second-order valence-corrected chi connectivity index (χ2v) is 9.83. The molecule has 9 heteroatoms. The van der Waals surface area contributed by atoms with E-state index in [-0.39, 0.29) is 18.2 Å². The van der Waals surface area contributed by atoms with Crippen molar-refractivity contribution in [3.8, 4) is 11.5 Å². The molecule has 31 heavy (non-hydrogen) atoms. The molecule has 0 radical (unpaired) electrons. The molecule has 2 aromatic carbocycles. The predicted molar refractivity (Wildman–Crippen MR) is 123 cm³/mol. The van der Waals surface area contributed by atoms with Crippen molar-refractivity contribution in [3.63, 3.8) is 0 Å². The minimum atomic E-state index is -3.50. The lowest BCUT2D eigenvalue weighted by Crippen LogP contribution is -2.21. The van der Waals surface area contributed by atoms with Gasteiger partial charge in [-0.2, -0.15) is 0 Å². The molecule has 0 aromatic heterocycles. The van der Waals surface area contributed by atoms with Crippen molar-refractivity contribution >= 4 is 38.9 Å². The van der Waals surface area contributed by atoms with Gasteiger partial charge in [-0.1, -0.05) is 30.9 Å². The summed E-state index contributed by atoms with van der Waals surface area (Å²) in [5, 5.41) is 3.37. The molecule has 1 fully saturated rings. The third kappa shape index (κ3) is 6.77. The Kier molecular flexibility index (Phi) is 7.67. The molecule has 0 spiro atoms. The standard InChI is InChI=1S/C22H27ClN2O5S/c1-29-21-11-9-17(13-19(21)25-31(2,27)28)24-22(26)14-30-20-10-8-16(23)12-18(20)15-6-4-3-5-7-15/h8-13,15,25H,3-7,14H2,1-2H3,(H,24,26). The van der Waals surface area contributed by atoms with Crippen LogP contribution in [-0.4, -0.2) is 34.3 Å². The minimum absolute atomic E-state index is 0.178. The highest BCUT2D eigenvalue weighted by Crippen LogP contribution is 2.38. The van der Waals surface area contributed by atoms with Crippen molar-refractivity contribution in [1.82, 2.24) is 0 Å². The molecule has 0 unspecified atom stereocenters. The van der Waals surface area contributed by atoms with E-state index in [1.54, 1.807) is 24.3 Å². The molecule has 1 aliphatic rings. The van der Waals surface area contributed by atoms with Gasteiger partial charge in [0.25, 0.3) is 5.91 Å². The molecule has 0 bridgehead atoms. The maximum atomic E-state index is 12.5. The molecule has 2 N–H and O–H groups in total. The summed E-state index contributed by atoms with van der Waals surface area (Å²) in [5.74, 6) is 1.04. The predicted octanol–water partition coefficient (Wildman–Crippen LogP) is 4.79. The van der Waals surface area contributed by atoms with Gasteiger partial charge in [0.05, 0.1) is 19.1 Å². The molecule has 168 valence electrons. The zero-order valence-corrected chi connectivity index (χ0v) is 19.2. The number of sulfonamides is 1. The average molecular weight is 467 g/mol. The minimum Gasteiger partial charge on any atom is -0.495 e. The quantitative estimate of drug-likeness (QED) is 0.583. The summed E-state index contributed by atoms with van der Waals surface area (Å²) in [6, 6.07) is 10.2. The van der Waals surface area contributed by atoms with Gasteiger partial charge < -0.3 is 14.8 Å². The van der Waals surface area contributed by atoms with Crippen molar-refractivity contribution in [1.29, 1.82) is 0 Å². The number of amides is 1. The molecule has 3 rings (SSSR count). The number of hydrogen-bond acceptors (Lipinski definition) is 5. The number of ether oxygens (including phenoxy) is 2. The van der Waals surface area contributed by atoms with Gasteiger partial charge in [-0.15, -0.1) is 0 Å². The van der Waals surface area contributed by atoms with E-state index in [4.69, 9.17) is 21.1 Å². The highest BCUT2D eigenvalue weighted by Gasteiger charge is 2.20. The van der Waals surface area contributed by atoms with E-state index >= 15 is 0 Å². The zero-order valence-electron chi connectivity index (χ0n) is 17.6. The summed E-state index contributed by atoms with van der Waals surface area (Å²) >= 11 is 6.20. The van der Waals surface area contributed by atoms with Crippen molar-refractivity contribution in [2.75, 3.05) is 30.0 Å². The summed E-state index contributed by atoms with van der Waals surface area (Å²) in [5.41, 5.74) is 1.70. The van der Waals surface area contributed by atoms with Crippen molar-refractivity contribution in [2.24, 2.45) is 0 Å².